The number of benzene rings is 1. The minimum atomic E-state index is 0.402. The smallest absolute Gasteiger partial charge is 0.0726 e. The number of aromatic nitrogens is 1. The lowest BCUT2D eigenvalue weighted by Crippen LogP contribution is -2.30. The van der Waals surface area contributed by atoms with Crippen LogP contribution in [-0.4, -0.2) is 24.1 Å². The molecule has 0 amide bonds. The van der Waals surface area contributed by atoms with Crippen LogP contribution in [0.5, 0.6) is 0 Å². The molecule has 2 aromatic rings. The molecule has 3 unspecified atom stereocenters. The number of nitrogens with two attached hydrogens (primary N) is 1. The number of aryl methyl sites for hydroxylation is 1. The zero-order chi connectivity index (χ0) is 13.7. The maximum atomic E-state index is 6.26. The first-order valence-corrected chi connectivity index (χ1v) is 7.59. The first-order valence-electron chi connectivity index (χ1n) is 7.59. The molecule has 1 aliphatic heterocycles. The highest BCUT2D eigenvalue weighted by Crippen LogP contribution is 2.40. The maximum Gasteiger partial charge on any atom is 0.0726 e. The Morgan fingerprint density at radius 2 is 2.05 bits per heavy atom. The minimum Gasteiger partial charge on any atom is -0.370 e. The first kappa shape index (κ1) is 12.2. The van der Waals surface area contributed by atoms with Crippen molar-refractivity contribution in [1.29, 1.82) is 0 Å². The van der Waals surface area contributed by atoms with Gasteiger partial charge in [-0.15, -0.1) is 0 Å². The number of hydrogen-bond donors (Lipinski definition) is 1. The van der Waals surface area contributed by atoms with Crippen LogP contribution in [0.3, 0.4) is 0 Å². The van der Waals surface area contributed by atoms with Crippen molar-refractivity contribution in [1.82, 2.24) is 4.98 Å². The quantitative estimate of drug-likeness (QED) is 0.864. The van der Waals surface area contributed by atoms with E-state index >= 15 is 0 Å². The Balaban J connectivity index is 1.76. The Bertz CT molecular complexity index is 652. The molecule has 3 atom stereocenters. The second-order valence-corrected chi connectivity index (χ2v) is 6.37. The predicted molar refractivity (Wildman–Crippen MR) is 82.9 cm³/mol. The van der Waals surface area contributed by atoms with Gasteiger partial charge in [0.2, 0.25) is 0 Å². The molecule has 0 radical (unpaired) electrons. The van der Waals surface area contributed by atoms with Crippen LogP contribution in [0.1, 0.15) is 18.5 Å². The fourth-order valence-electron chi connectivity index (χ4n) is 4.05. The topological polar surface area (TPSA) is 42.1 Å². The van der Waals surface area contributed by atoms with E-state index in [4.69, 9.17) is 5.73 Å². The molecule has 104 valence electrons. The highest BCUT2D eigenvalue weighted by Gasteiger charge is 2.41. The Morgan fingerprint density at radius 3 is 2.90 bits per heavy atom. The summed E-state index contributed by atoms with van der Waals surface area (Å²) in [5.41, 5.74) is 9.80. The van der Waals surface area contributed by atoms with Crippen LogP contribution in [0.4, 0.5) is 5.69 Å². The molecule has 3 nitrogen and oxygen atoms in total. The summed E-state index contributed by atoms with van der Waals surface area (Å²) < 4.78 is 0. The van der Waals surface area contributed by atoms with Crippen molar-refractivity contribution in [3.05, 3.63) is 36.0 Å². The predicted octanol–water partition coefficient (Wildman–Crippen LogP) is 2.72. The number of rotatable bonds is 1. The highest BCUT2D eigenvalue weighted by molar-refractivity contribution is 5.92. The largest absolute Gasteiger partial charge is 0.370 e. The van der Waals surface area contributed by atoms with Crippen molar-refractivity contribution in [3.8, 4) is 0 Å². The molecule has 1 saturated carbocycles. The van der Waals surface area contributed by atoms with Crippen LogP contribution in [0.25, 0.3) is 10.9 Å². The molecule has 2 N–H and O–H groups in total. The summed E-state index contributed by atoms with van der Waals surface area (Å²) in [5, 5.41) is 1.27. The molecule has 2 fully saturated rings. The van der Waals surface area contributed by atoms with Gasteiger partial charge in [-0.05, 0) is 43.7 Å². The third kappa shape index (κ3) is 1.80. The lowest BCUT2D eigenvalue weighted by atomic mass is 9.98. The van der Waals surface area contributed by atoms with Crippen molar-refractivity contribution in [2.24, 2.45) is 17.6 Å². The molecule has 0 bridgehead atoms. The zero-order valence-corrected chi connectivity index (χ0v) is 11.9. The summed E-state index contributed by atoms with van der Waals surface area (Å²) in [4.78, 5) is 7.18. The number of anilines is 1. The molecule has 2 aliphatic rings. The second-order valence-electron chi connectivity index (χ2n) is 6.37. The van der Waals surface area contributed by atoms with Gasteiger partial charge in [-0.3, -0.25) is 4.98 Å². The van der Waals surface area contributed by atoms with E-state index in [1.165, 1.54) is 23.9 Å². The zero-order valence-electron chi connectivity index (χ0n) is 11.9. The first-order chi connectivity index (χ1) is 9.72. The lowest BCUT2D eigenvalue weighted by molar-refractivity contribution is 0.453. The summed E-state index contributed by atoms with van der Waals surface area (Å²) in [6, 6.07) is 11.1. The monoisotopic (exact) mass is 267 g/mol. The van der Waals surface area contributed by atoms with E-state index in [9.17, 15) is 0 Å². The molecule has 20 heavy (non-hydrogen) atoms. The van der Waals surface area contributed by atoms with E-state index in [1.807, 2.05) is 0 Å². The van der Waals surface area contributed by atoms with Crippen LogP contribution in [0.2, 0.25) is 0 Å². The highest BCUT2D eigenvalue weighted by atomic mass is 15.2. The minimum absolute atomic E-state index is 0.402. The van der Waals surface area contributed by atoms with Gasteiger partial charge in [0, 0.05) is 35.9 Å². The molecule has 1 aromatic heterocycles. The van der Waals surface area contributed by atoms with Crippen molar-refractivity contribution < 1.29 is 0 Å². The van der Waals surface area contributed by atoms with Gasteiger partial charge in [-0.2, -0.15) is 0 Å². The number of fused-ring (bicyclic) bond motifs is 2. The Kier molecular flexibility index (Phi) is 2.71. The number of para-hydroxylation sites is 1. The van der Waals surface area contributed by atoms with Crippen molar-refractivity contribution in [2.45, 2.75) is 25.8 Å². The number of hydrogen-bond acceptors (Lipinski definition) is 3. The summed E-state index contributed by atoms with van der Waals surface area (Å²) in [6.07, 6.45) is 2.50. The van der Waals surface area contributed by atoms with E-state index < -0.39 is 0 Å². The van der Waals surface area contributed by atoms with Gasteiger partial charge in [0.1, 0.15) is 0 Å². The van der Waals surface area contributed by atoms with Crippen molar-refractivity contribution in [3.63, 3.8) is 0 Å². The molecule has 3 heteroatoms. The van der Waals surface area contributed by atoms with Gasteiger partial charge in [0.25, 0.3) is 0 Å². The van der Waals surface area contributed by atoms with Gasteiger partial charge in [-0.1, -0.05) is 18.2 Å². The summed E-state index contributed by atoms with van der Waals surface area (Å²) in [6.45, 7) is 4.35. The summed E-state index contributed by atoms with van der Waals surface area (Å²) in [5.74, 6) is 1.47. The molecule has 2 heterocycles. The van der Waals surface area contributed by atoms with Crippen molar-refractivity contribution >= 4 is 16.6 Å². The van der Waals surface area contributed by atoms with Gasteiger partial charge in [0.05, 0.1) is 5.52 Å². The van der Waals surface area contributed by atoms with Crippen LogP contribution in [-0.2, 0) is 0 Å². The van der Waals surface area contributed by atoms with E-state index in [2.05, 4.69) is 47.1 Å². The molecular weight excluding hydrogens is 246 g/mol. The van der Waals surface area contributed by atoms with E-state index in [1.54, 1.807) is 0 Å². The molecule has 1 aliphatic carbocycles. The standard InChI is InChI=1S/C17H21N3/c1-11-8-17(13-4-2-3-5-16(13)19-11)20-9-12-6-7-15(18)14(12)10-20/h2-5,8,12,14-15H,6-7,9-10,18H2,1H3. The van der Waals surface area contributed by atoms with Gasteiger partial charge in [-0.25, -0.2) is 0 Å². The third-order valence-corrected chi connectivity index (χ3v) is 5.08. The lowest BCUT2D eigenvalue weighted by Gasteiger charge is -2.23. The van der Waals surface area contributed by atoms with E-state index in [0.29, 0.717) is 12.0 Å². The third-order valence-electron chi connectivity index (χ3n) is 5.08. The Morgan fingerprint density at radius 1 is 1.20 bits per heavy atom. The SMILES string of the molecule is Cc1cc(N2CC3CCC(N)C3C2)c2ccccc2n1. The van der Waals surface area contributed by atoms with Gasteiger partial charge >= 0.3 is 0 Å². The van der Waals surface area contributed by atoms with Crippen LogP contribution in [0, 0.1) is 18.8 Å². The molecule has 0 spiro atoms. The van der Waals surface area contributed by atoms with Gasteiger partial charge < -0.3 is 10.6 Å². The van der Waals surface area contributed by atoms with Crippen molar-refractivity contribution in [2.75, 3.05) is 18.0 Å². The molecule has 4 rings (SSSR count). The summed E-state index contributed by atoms with van der Waals surface area (Å²) in [7, 11) is 0. The summed E-state index contributed by atoms with van der Waals surface area (Å²) >= 11 is 0. The van der Waals surface area contributed by atoms with E-state index in [-0.39, 0.29) is 0 Å². The van der Waals surface area contributed by atoms with Crippen LogP contribution < -0.4 is 10.6 Å². The Labute approximate surface area is 119 Å². The van der Waals surface area contributed by atoms with Gasteiger partial charge in [0.15, 0.2) is 0 Å². The normalized spacial score (nSPS) is 29.1. The van der Waals surface area contributed by atoms with Crippen LogP contribution >= 0.6 is 0 Å². The average Bonchev–Trinajstić information content (AvgIpc) is 3.00. The fraction of sp³-hybridized carbons (Fsp3) is 0.471. The maximum absolute atomic E-state index is 6.26. The second kappa shape index (κ2) is 4.45. The van der Waals surface area contributed by atoms with Crippen LogP contribution in [0.15, 0.2) is 30.3 Å². The molecular formula is C17H21N3. The van der Waals surface area contributed by atoms with E-state index in [0.717, 1.165) is 30.2 Å². The fourth-order valence-corrected chi connectivity index (χ4v) is 4.05. The average molecular weight is 267 g/mol. The Hall–Kier alpha value is -1.61. The number of nitrogens with zero attached hydrogens (tertiary/aromatic N) is 2. The number of pyridine rings is 1. The molecule has 1 aromatic carbocycles. The molecule has 1 saturated heterocycles.